The fourth-order valence-corrected chi connectivity index (χ4v) is 2.09. The van der Waals surface area contributed by atoms with Gasteiger partial charge in [-0.2, -0.15) is 0 Å². The lowest BCUT2D eigenvalue weighted by atomic mass is 10.0. The highest BCUT2D eigenvalue weighted by atomic mass is 19.1. The number of rotatable bonds is 4. The van der Waals surface area contributed by atoms with Gasteiger partial charge in [0.2, 0.25) is 0 Å². The molecule has 0 aliphatic rings. The molecule has 1 N–H and O–H groups in total. The molecule has 0 bridgehead atoms. The van der Waals surface area contributed by atoms with Gasteiger partial charge in [-0.1, -0.05) is 6.07 Å². The summed E-state index contributed by atoms with van der Waals surface area (Å²) < 4.78 is 33.7. The van der Waals surface area contributed by atoms with Crippen LogP contribution in [0.3, 0.4) is 0 Å². The summed E-state index contributed by atoms with van der Waals surface area (Å²) in [5.74, 6) is -2.87. The third-order valence-corrected chi connectivity index (χ3v) is 3.44. The second-order valence-corrected chi connectivity index (χ2v) is 4.90. The number of hydrogen-bond donors (Lipinski definition) is 1. The molecular weight excluding hydrogens is 292 g/mol. The van der Waals surface area contributed by atoms with E-state index in [-0.39, 0.29) is 17.0 Å². The lowest BCUT2D eigenvalue weighted by Crippen LogP contribution is -2.05. The van der Waals surface area contributed by atoms with Crippen LogP contribution in [0.15, 0.2) is 24.3 Å². The van der Waals surface area contributed by atoms with E-state index >= 15 is 0 Å². The van der Waals surface area contributed by atoms with Crippen molar-refractivity contribution in [1.82, 2.24) is 4.98 Å². The van der Waals surface area contributed by atoms with Crippen LogP contribution >= 0.6 is 0 Å². The molecule has 0 saturated carbocycles. The summed E-state index contributed by atoms with van der Waals surface area (Å²) in [6.45, 7) is 3.28. The van der Waals surface area contributed by atoms with Gasteiger partial charge in [0.15, 0.2) is 0 Å². The molecule has 6 heteroatoms. The number of benzene rings is 1. The van der Waals surface area contributed by atoms with Crippen molar-refractivity contribution in [2.75, 3.05) is 7.11 Å². The predicted octanol–water partition coefficient (Wildman–Crippen LogP) is 3.74. The van der Waals surface area contributed by atoms with Gasteiger partial charge in [-0.15, -0.1) is 0 Å². The lowest BCUT2D eigenvalue weighted by molar-refractivity contribution is 0.0690. The van der Waals surface area contributed by atoms with E-state index in [4.69, 9.17) is 9.84 Å². The minimum Gasteiger partial charge on any atom is -0.477 e. The fraction of sp³-hybridized carbons (Fsp3) is 0.250. The second kappa shape index (κ2) is 6.19. The van der Waals surface area contributed by atoms with Crippen molar-refractivity contribution in [1.29, 1.82) is 0 Å². The Morgan fingerprint density at radius 2 is 1.86 bits per heavy atom. The number of ether oxygens (including phenoxy) is 1. The number of aryl methyl sites for hydroxylation is 1. The van der Waals surface area contributed by atoms with Crippen LogP contribution < -0.4 is 0 Å². The summed E-state index contributed by atoms with van der Waals surface area (Å²) >= 11 is 0. The molecule has 1 unspecified atom stereocenters. The van der Waals surface area contributed by atoms with Crippen LogP contribution in [0.4, 0.5) is 8.78 Å². The highest BCUT2D eigenvalue weighted by molar-refractivity contribution is 5.86. The molecule has 1 aromatic heterocycles. The molecular formula is C16H15F2NO3. The number of hydrogen-bond acceptors (Lipinski definition) is 3. The van der Waals surface area contributed by atoms with Gasteiger partial charge in [0.1, 0.15) is 17.3 Å². The molecule has 2 rings (SSSR count). The van der Waals surface area contributed by atoms with Crippen molar-refractivity contribution in [2.24, 2.45) is 0 Å². The normalized spacial score (nSPS) is 12.2. The first-order valence-corrected chi connectivity index (χ1v) is 6.58. The van der Waals surface area contributed by atoms with Gasteiger partial charge in [-0.3, -0.25) is 0 Å². The average Bonchev–Trinajstić information content (AvgIpc) is 2.47. The first-order chi connectivity index (χ1) is 10.3. The molecule has 0 aliphatic heterocycles. The van der Waals surface area contributed by atoms with Gasteiger partial charge in [0, 0.05) is 7.11 Å². The monoisotopic (exact) mass is 307 g/mol. The number of methoxy groups -OCH3 is 1. The standard InChI is InChI=1S/C16H15F2NO3/c1-8-4-5-13(16(20)21)19-15(8)14-11(17)6-10(7-12(14)18)9(2)22-3/h4-7,9H,1-3H3,(H,20,21). The molecule has 116 valence electrons. The Kier molecular flexibility index (Phi) is 4.51. The van der Waals surface area contributed by atoms with Crippen molar-refractivity contribution >= 4 is 5.97 Å². The van der Waals surface area contributed by atoms with Crippen LogP contribution in [0, 0.1) is 18.6 Å². The first-order valence-electron chi connectivity index (χ1n) is 6.58. The Morgan fingerprint density at radius 1 is 1.27 bits per heavy atom. The highest BCUT2D eigenvalue weighted by Gasteiger charge is 2.20. The van der Waals surface area contributed by atoms with Gasteiger partial charge in [-0.05, 0) is 43.2 Å². The SMILES string of the molecule is COC(C)c1cc(F)c(-c2nc(C(=O)O)ccc2C)c(F)c1. The lowest BCUT2D eigenvalue weighted by Gasteiger charge is -2.14. The molecule has 0 spiro atoms. The zero-order valence-corrected chi connectivity index (χ0v) is 12.4. The Hall–Kier alpha value is -2.34. The number of carbonyl (C=O) groups is 1. The van der Waals surface area contributed by atoms with Crippen molar-refractivity contribution in [3.05, 3.63) is 52.7 Å². The molecule has 0 radical (unpaired) electrons. The van der Waals surface area contributed by atoms with Crippen LogP contribution in [0.2, 0.25) is 0 Å². The zero-order chi connectivity index (χ0) is 16.4. The zero-order valence-electron chi connectivity index (χ0n) is 12.4. The van der Waals surface area contributed by atoms with Gasteiger partial charge in [-0.25, -0.2) is 18.6 Å². The van der Waals surface area contributed by atoms with E-state index in [9.17, 15) is 13.6 Å². The van der Waals surface area contributed by atoms with Crippen molar-refractivity contribution < 1.29 is 23.4 Å². The van der Waals surface area contributed by atoms with E-state index in [1.807, 2.05) is 0 Å². The molecule has 1 aromatic carbocycles. The van der Waals surface area contributed by atoms with E-state index < -0.39 is 23.7 Å². The van der Waals surface area contributed by atoms with E-state index in [1.54, 1.807) is 13.8 Å². The van der Waals surface area contributed by atoms with Crippen LogP contribution in [0.1, 0.15) is 34.6 Å². The molecule has 1 atom stereocenters. The molecule has 0 aliphatic carbocycles. The Bertz CT molecular complexity index is 708. The largest absolute Gasteiger partial charge is 0.477 e. The third-order valence-electron chi connectivity index (χ3n) is 3.44. The first kappa shape index (κ1) is 16.0. The summed E-state index contributed by atoms with van der Waals surface area (Å²) in [6.07, 6.45) is -0.461. The Labute approximate surface area is 126 Å². The molecule has 0 fully saturated rings. The average molecular weight is 307 g/mol. The van der Waals surface area contributed by atoms with E-state index in [0.29, 0.717) is 11.1 Å². The van der Waals surface area contributed by atoms with Crippen molar-refractivity contribution in [2.45, 2.75) is 20.0 Å². The van der Waals surface area contributed by atoms with Crippen LogP contribution in [-0.4, -0.2) is 23.2 Å². The maximum atomic E-state index is 14.3. The number of carboxylic acids is 1. The summed E-state index contributed by atoms with van der Waals surface area (Å²) in [5, 5.41) is 8.97. The number of aromatic carboxylic acids is 1. The summed E-state index contributed by atoms with van der Waals surface area (Å²) in [5.41, 5.74) is 0.205. The Morgan fingerprint density at radius 3 is 2.36 bits per heavy atom. The topological polar surface area (TPSA) is 59.4 Å². The number of nitrogens with zero attached hydrogens (tertiary/aromatic N) is 1. The van der Waals surface area contributed by atoms with Crippen LogP contribution in [0.5, 0.6) is 0 Å². The summed E-state index contributed by atoms with van der Waals surface area (Å²) in [6, 6.07) is 5.09. The highest BCUT2D eigenvalue weighted by Crippen LogP contribution is 2.30. The molecule has 0 saturated heterocycles. The second-order valence-electron chi connectivity index (χ2n) is 4.90. The van der Waals surface area contributed by atoms with Crippen LogP contribution in [-0.2, 0) is 4.74 Å². The van der Waals surface area contributed by atoms with E-state index in [2.05, 4.69) is 4.98 Å². The number of halogens is 2. The van der Waals surface area contributed by atoms with Gasteiger partial charge in [0.25, 0.3) is 0 Å². The molecule has 0 amide bonds. The van der Waals surface area contributed by atoms with Crippen molar-refractivity contribution in [3.8, 4) is 11.3 Å². The number of carboxylic acid groups (broad SMARTS) is 1. The molecule has 4 nitrogen and oxygen atoms in total. The number of pyridine rings is 1. The van der Waals surface area contributed by atoms with E-state index in [0.717, 1.165) is 0 Å². The predicted molar refractivity (Wildman–Crippen MR) is 76.7 cm³/mol. The summed E-state index contributed by atoms with van der Waals surface area (Å²) in [7, 11) is 1.44. The minimum absolute atomic E-state index is 0.0217. The quantitative estimate of drug-likeness (QED) is 0.934. The van der Waals surface area contributed by atoms with Gasteiger partial charge < -0.3 is 9.84 Å². The third kappa shape index (κ3) is 2.96. The van der Waals surface area contributed by atoms with E-state index in [1.165, 1.54) is 31.4 Å². The molecule has 2 aromatic rings. The maximum absolute atomic E-state index is 14.3. The van der Waals surface area contributed by atoms with Crippen molar-refractivity contribution in [3.63, 3.8) is 0 Å². The number of aromatic nitrogens is 1. The smallest absolute Gasteiger partial charge is 0.354 e. The molecule has 22 heavy (non-hydrogen) atoms. The molecule has 1 heterocycles. The van der Waals surface area contributed by atoms with Crippen LogP contribution in [0.25, 0.3) is 11.3 Å². The Balaban J connectivity index is 2.63. The summed E-state index contributed by atoms with van der Waals surface area (Å²) in [4.78, 5) is 14.8. The van der Waals surface area contributed by atoms with Gasteiger partial charge in [0.05, 0.1) is 17.4 Å². The van der Waals surface area contributed by atoms with Gasteiger partial charge >= 0.3 is 5.97 Å². The minimum atomic E-state index is -1.26. The fourth-order valence-electron chi connectivity index (χ4n) is 2.09. The maximum Gasteiger partial charge on any atom is 0.354 e.